The lowest BCUT2D eigenvalue weighted by molar-refractivity contribution is -0.120. The van der Waals surface area contributed by atoms with E-state index >= 15 is 0 Å². The number of hydrogen-bond donors (Lipinski definition) is 1. The summed E-state index contributed by atoms with van der Waals surface area (Å²) >= 11 is 0. The number of carbonyl (C=O) groups is 3. The van der Waals surface area contributed by atoms with Gasteiger partial charge in [-0.1, -0.05) is 0 Å². The molecule has 0 spiro atoms. The fourth-order valence-electron chi connectivity index (χ4n) is 2.01. The molecule has 0 saturated heterocycles. The molecule has 0 aromatic heterocycles. The zero-order valence-corrected chi connectivity index (χ0v) is 11.3. The molecule has 1 N–H and O–H groups in total. The van der Waals surface area contributed by atoms with Crippen LogP contribution in [-0.2, 0) is 14.4 Å². The summed E-state index contributed by atoms with van der Waals surface area (Å²) in [7, 11) is 1.58. The summed E-state index contributed by atoms with van der Waals surface area (Å²) in [5.41, 5.74) is 2.15. The van der Waals surface area contributed by atoms with Crippen molar-refractivity contribution >= 4 is 17.5 Å². The van der Waals surface area contributed by atoms with Crippen LogP contribution in [-0.4, -0.2) is 24.5 Å². The van der Waals surface area contributed by atoms with Crippen LogP contribution in [0.2, 0.25) is 0 Å². The normalized spacial score (nSPS) is 16.4. The molecule has 0 unspecified atom stereocenters. The molecular weight excluding hydrogens is 230 g/mol. The van der Waals surface area contributed by atoms with Crippen molar-refractivity contribution in [2.75, 3.05) is 7.05 Å². The Morgan fingerprint density at radius 3 is 2.11 bits per heavy atom. The van der Waals surface area contributed by atoms with Crippen LogP contribution < -0.4 is 5.32 Å². The van der Waals surface area contributed by atoms with Crippen molar-refractivity contribution in [1.82, 2.24) is 5.32 Å². The Morgan fingerprint density at radius 2 is 1.56 bits per heavy atom. The molecule has 0 aromatic carbocycles. The van der Waals surface area contributed by atoms with Gasteiger partial charge in [0, 0.05) is 35.8 Å². The molecule has 4 heteroatoms. The van der Waals surface area contributed by atoms with E-state index in [2.05, 4.69) is 5.32 Å². The van der Waals surface area contributed by atoms with Gasteiger partial charge in [0.1, 0.15) is 0 Å². The molecule has 0 radical (unpaired) electrons. The highest BCUT2D eigenvalue weighted by atomic mass is 16.1. The Morgan fingerprint density at radius 1 is 1.00 bits per heavy atom. The summed E-state index contributed by atoms with van der Waals surface area (Å²) in [6.07, 6.45) is 1.43. The summed E-state index contributed by atoms with van der Waals surface area (Å²) < 4.78 is 0. The van der Waals surface area contributed by atoms with Gasteiger partial charge in [0.2, 0.25) is 5.91 Å². The molecule has 0 fully saturated rings. The van der Waals surface area contributed by atoms with Gasteiger partial charge in [0.15, 0.2) is 11.6 Å². The molecule has 0 aliphatic heterocycles. The van der Waals surface area contributed by atoms with Crippen molar-refractivity contribution in [1.29, 1.82) is 0 Å². The summed E-state index contributed by atoms with van der Waals surface area (Å²) in [4.78, 5) is 35.1. The number of hydrogen-bond acceptors (Lipinski definition) is 3. The third-order valence-corrected chi connectivity index (χ3v) is 3.42. The molecule has 98 valence electrons. The van der Waals surface area contributed by atoms with Gasteiger partial charge in [0.25, 0.3) is 0 Å². The fraction of sp³-hybridized carbons (Fsp3) is 0.500. The number of amides is 1. The Bertz CT molecular complexity index is 469. The topological polar surface area (TPSA) is 63.2 Å². The van der Waals surface area contributed by atoms with Crippen LogP contribution in [0.15, 0.2) is 22.3 Å². The van der Waals surface area contributed by atoms with Gasteiger partial charge in [0.05, 0.1) is 0 Å². The molecule has 0 saturated carbocycles. The lowest BCUT2D eigenvalue weighted by Crippen LogP contribution is -2.21. The quantitative estimate of drug-likeness (QED) is 0.771. The van der Waals surface area contributed by atoms with E-state index in [0.717, 1.165) is 0 Å². The van der Waals surface area contributed by atoms with Crippen LogP contribution >= 0.6 is 0 Å². The fourth-order valence-corrected chi connectivity index (χ4v) is 2.01. The number of rotatable bonds is 4. The second-order valence-corrected chi connectivity index (χ2v) is 4.54. The second-order valence-electron chi connectivity index (χ2n) is 4.54. The zero-order chi connectivity index (χ0) is 13.9. The van der Waals surface area contributed by atoms with Crippen LogP contribution in [0.25, 0.3) is 0 Å². The molecule has 0 heterocycles. The van der Waals surface area contributed by atoms with Gasteiger partial charge < -0.3 is 5.32 Å². The first kappa shape index (κ1) is 14.4. The summed E-state index contributed by atoms with van der Waals surface area (Å²) in [6.45, 7) is 5.05. The van der Waals surface area contributed by atoms with Crippen LogP contribution in [0, 0.1) is 0 Å². The van der Waals surface area contributed by atoms with Gasteiger partial charge in [-0.2, -0.15) is 0 Å². The van der Waals surface area contributed by atoms with E-state index in [0.29, 0.717) is 41.6 Å². The molecule has 1 rings (SSSR count). The molecular formula is C14H19NO3. The van der Waals surface area contributed by atoms with E-state index in [4.69, 9.17) is 0 Å². The van der Waals surface area contributed by atoms with Crippen LogP contribution in [0.5, 0.6) is 0 Å². The lowest BCUT2D eigenvalue weighted by atomic mass is 9.84. The van der Waals surface area contributed by atoms with Gasteiger partial charge in [-0.3, -0.25) is 14.4 Å². The SMILES string of the molecule is CNC(=O)CCCC1=C(C)C(=O)C(C)=C(C)C1=O. The van der Waals surface area contributed by atoms with E-state index in [-0.39, 0.29) is 17.5 Å². The third kappa shape index (κ3) is 2.75. The predicted octanol–water partition coefficient (Wildman–Crippen LogP) is 1.71. The Balaban J connectivity index is 2.79. The van der Waals surface area contributed by atoms with Crippen molar-refractivity contribution in [2.24, 2.45) is 0 Å². The largest absolute Gasteiger partial charge is 0.359 e. The van der Waals surface area contributed by atoms with E-state index in [9.17, 15) is 14.4 Å². The maximum atomic E-state index is 12.1. The molecule has 18 heavy (non-hydrogen) atoms. The number of carbonyl (C=O) groups excluding carboxylic acids is 3. The minimum atomic E-state index is -0.0542. The number of ketones is 2. The van der Waals surface area contributed by atoms with Crippen LogP contribution in [0.3, 0.4) is 0 Å². The number of nitrogens with one attached hydrogen (secondary N) is 1. The summed E-state index contributed by atoms with van der Waals surface area (Å²) in [5, 5.41) is 2.53. The van der Waals surface area contributed by atoms with Crippen molar-refractivity contribution in [3.8, 4) is 0 Å². The first-order chi connectivity index (χ1) is 8.40. The van der Waals surface area contributed by atoms with Crippen molar-refractivity contribution < 1.29 is 14.4 Å². The third-order valence-electron chi connectivity index (χ3n) is 3.42. The highest BCUT2D eigenvalue weighted by Crippen LogP contribution is 2.27. The van der Waals surface area contributed by atoms with Crippen molar-refractivity contribution in [3.63, 3.8) is 0 Å². The summed E-state index contributed by atoms with van der Waals surface area (Å²) in [6, 6.07) is 0. The second kappa shape index (κ2) is 5.76. The van der Waals surface area contributed by atoms with Gasteiger partial charge in [-0.25, -0.2) is 0 Å². The lowest BCUT2D eigenvalue weighted by Gasteiger charge is -2.18. The van der Waals surface area contributed by atoms with Crippen LogP contribution in [0.4, 0.5) is 0 Å². The average molecular weight is 249 g/mol. The molecule has 0 bridgehead atoms. The summed E-state index contributed by atoms with van der Waals surface area (Å²) in [5.74, 6) is -0.158. The molecule has 0 aromatic rings. The standard InChI is InChI=1S/C14H19NO3/c1-8-9(2)14(18)11(10(3)13(8)17)6-5-7-12(16)15-4/h5-7H2,1-4H3,(H,15,16). The first-order valence-corrected chi connectivity index (χ1v) is 6.07. The Labute approximate surface area is 107 Å². The van der Waals surface area contributed by atoms with Crippen LogP contribution in [0.1, 0.15) is 40.0 Å². The number of Topliss-reactive ketones (excluding diaryl/α,β-unsaturated/α-hetero) is 2. The molecule has 4 nitrogen and oxygen atoms in total. The van der Waals surface area contributed by atoms with Gasteiger partial charge >= 0.3 is 0 Å². The maximum Gasteiger partial charge on any atom is 0.219 e. The maximum absolute atomic E-state index is 12.1. The van der Waals surface area contributed by atoms with Crippen molar-refractivity contribution in [2.45, 2.75) is 40.0 Å². The molecule has 1 aliphatic carbocycles. The highest BCUT2D eigenvalue weighted by molar-refractivity contribution is 6.24. The van der Waals surface area contributed by atoms with E-state index in [1.807, 2.05) is 0 Å². The smallest absolute Gasteiger partial charge is 0.219 e. The Hall–Kier alpha value is -1.71. The zero-order valence-electron chi connectivity index (χ0n) is 11.3. The minimum absolute atomic E-state index is 0.0497. The molecule has 0 atom stereocenters. The van der Waals surface area contributed by atoms with Gasteiger partial charge in [-0.05, 0) is 33.6 Å². The van der Waals surface area contributed by atoms with E-state index in [1.165, 1.54) is 0 Å². The van der Waals surface area contributed by atoms with Gasteiger partial charge in [-0.15, -0.1) is 0 Å². The van der Waals surface area contributed by atoms with E-state index < -0.39 is 0 Å². The van der Waals surface area contributed by atoms with E-state index in [1.54, 1.807) is 27.8 Å². The number of allylic oxidation sites excluding steroid dienone is 4. The molecule has 1 amide bonds. The average Bonchev–Trinajstić information content (AvgIpc) is 2.37. The van der Waals surface area contributed by atoms with Crippen molar-refractivity contribution in [3.05, 3.63) is 22.3 Å². The Kier molecular flexibility index (Phi) is 4.59. The minimum Gasteiger partial charge on any atom is -0.359 e. The first-order valence-electron chi connectivity index (χ1n) is 6.07. The monoisotopic (exact) mass is 249 g/mol. The molecule has 1 aliphatic rings. The predicted molar refractivity (Wildman–Crippen MR) is 69.0 cm³/mol. The highest BCUT2D eigenvalue weighted by Gasteiger charge is 2.27.